The number of rotatable bonds is 3. The van der Waals surface area contributed by atoms with E-state index in [0.29, 0.717) is 5.69 Å². The molecule has 0 aromatic carbocycles. The highest BCUT2D eigenvalue weighted by atomic mass is 16.2. The summed E-state index contributed by atoms with van der Waals surface area (Å²) in [5, 5.41) is 12.0. The van der Waals surface area contributed by atoms with E-state index in [9.17, 15) is 4.79 Å². The summed E-state index contributed by atoms with van der Waals surface area (Å²) >= 11 is 0. The molecule has 1 unspecified atom stereocenters. The molecule has 1 amide bonds. The van der Waals surface area contributed by atoms with Crippen molar-refractivity contribution in [1.29, 1.82) is 0 Å². The number of aryl methyl sites for hydroxylation is 1. The van der Waals surface area contributed by atoms with E-state index < -0.39 is 0 Å². The van der Waals surface area contributed by atoms with Crippen LogP contribution in [0.5, 0.6) is 0 Å². The van der Waals surface area contributed by atoms with Crippen LogP contribution in [0.1, 0.15) is 93.7 Å². The second-order valence-electron chi connectivity index (χ2n) is 8.50. The van der Waals surface area contributed by atoms with Gasteiger partial charge < -0.3 is 4.90 Å². The van der Waals surface area contributed by atoms with Crippen LogP contribution in [-0.4, -0.2) is 42.3 Å². The zero-order chi connectivity index (χ0) is 19.1. The molecule has 7 nitrogen and oxygen atoms in total. The molecule has 0 aliphatic carbocycles. The number of piperidine rings is 1. The Kier molecular flexibility index (Phi) is 4.90. The smallest absolute Gasteiger partial charge is 0.274 e. The van der Waals surface area contributed by atoms with Crippen molar-refractivity contribution in [2.75, 3.05) is 6.54 Å². The van der Waals surface area contributed by atoms with Crippen molar-refractivity contribution in [2.45, 2.75) is 78.3 Å². The Morgan fingerprint density at radius 3 is 2.62 bits per heavy atom. The Labute approximate surface area is 155 Å². The lowest BCUT2D eigenvalue weighted by Gasteiger charge is -2.33. The summed E-state index contributed by atoms with van der Waals surface area (Å²) < 4.78 is 1.92. The average Bonchev–Trinajstić information content (AvgIpc) is 3.20. The van der Waals surface area contributed by atoms with Crippen molar-refractivity contribution in [3.63, 3.8) is 0 Å². The molecule has 0 bridgehead atoms. The largest absolute Gasteiger partial charge is 0.327 e. The number of hydrogen-bond donors (Lipinski definition) is 1. The fourth-order valence-electron chi connectivity index (χ4n) is 3.56. The molecule has 0 spiro atoms. The Hall–Kier alpha value is -2.18. The summed E-state index contributed by atoms with van der Waals surface area (Å²) in [6, 6.07) is 1.83. The number of aromatic nitrogens is 5. The summed E-state index contributed by atoms with van der Waals surface area (Å²) in [5.41, 5.74) is 1.35. The molecule has 0 saturated carbocycles. The molecule has 2 aromatic rings. The summed E-state index contributed by atoms with van der Waals surface area (Å²) in [6.45, 7) is 13.1. The zero-order valence-electron chi connectivity index (χ0n) is 16.7. The minimum absolute atomic E-state index is 0.0247. The predicted octanol–water partition coefficient (Wildman–Crippen LogP) is 3.56. The summed E-state index contributed by atoms with van der Waals surface area (Å²) in [6.07, 6.45) is 2.99. The predicted molar refractivity (Wildman–Crippen MR) is 100 cm³/mol. The maximum Gasteiger partial charge on any atom is 0.274 e. The van der Waals surface area contributed by atoms with Crippen LogP contribution < -0.4 is 0 Å². The van der Waals surface area contributed by atoms with Gasteiger partial charge in [0.2, 0.25) is 0 Å². The highest BCUT2D eigenvalue weighted by Gasteiger charge is 2.33. The molecule has 1 atom stereocenters. The van der Waals surface area contributed by atoms with Gasteiger partial charge in [0, 0.05) is 18.2 Å². The van der Waals surface area contributed by atoms with Crippen LogP contribution in [0.15, 0.2) is 6.07 Å². The standard InChI is InChI=1S/C19H30N6O/c1-12(2)16-20-17(22-21-16)15-9-7-8-10-24(15)18(26)14-11-13(3)25(23-14)19(4,5)6/h11-12,15H,7-10H2,1-6H3,(H,20,21,22). The van der Waals surface area contributed by atoms with E-state index in [4.69, 9.17) is 0 Å². The van der Waals surface area contributed by atoms with Crippen molar-refractivity contribution < 1.29 is 4.79 Å². The molecular weight excluding hydrogens is 328 g/mol. The molecule has 2 aromatic heterocycles. The fraction of sp³-hybridized carbons (Fsp3) is 0.684. The number of carbonyl (C=O) groups is 1. The molecule has 1 fully saturated rings. The van der Waals surface area contributed by atoms with E-state index in [1.165, 1.54) is 0 Å². The first-order valence-electron chi connectivity index (χ1n) is 9.49. The Morgan fingerprint density at radius 1 is 1.31 bits per heavy atom. The van der Waals surface area contributed by atoms with Crippen LogP contribution in [0.2, 0.25) is 0 Å². The molecule has 1 N–H and O–H groups in total. The van der Waals surface area contributed by atoms with Crippen LogP contribution >= 0.6 is 0 Å². The normalized spacial score (nSPS) is 18.6. The molecule has 26 heavy (non-hydrogen) atoms. The SMILES string of the molecule is Cc1cc(C(=O)N2CCCCC2c2nc(C(C)C)n[nH]2)nn1C(C)(C)C. The van der Waals surface area contributed by atoms with Crippen molar-refractivity contribution in [1.82, 2.24) is 29.9 Å². The first kappa shape index (κ1) is 18.6. The molecule has 1 aliphatic rings. The van der Waals surface area contributed by atoms with Crippen molar-refractivity contribution in [3.8, 4) is 0 Å². The van der Waals surface area contributed by atoms with Gasteiger partial charge in [-0.25, -0.2) is 4.98 Å². The van der Waals surface area contributed by atoms with E-state index in [2.05, 4.69) is 54.9 Å². The van der Waals surface area contributed by atoms with E-state index in [1.807, 2.05) is 22.6 Å². The lowest BCUT2D eigenvalue weighted by atomic mass is 10.0. The van der Waals surface area contributed by atoms with E-state index in [-0.39, 0.29) is 23.4 Å². The van der Waals surface area contributed by atoms with Gasteiger partial charge in [0.25, 0.3) is 5.91 Å². The molecule has 1 aliphatic heterocycles. The number of hydrogen-bond acceptors (Lipinski definition) is 4. The molecule has 3 heterocycles. The maximum absolute atomic E-state index is 13.2. The van der Waals surface area contributed by atoms with Gasteiger partial charge in [0.1, 0.15) is 5.82 Å². The topological polar surface area (TPSA) is 79.7 Å². The van der Waals surface area contributed by atoms with Gasteiger partial charge in [-0.3, -0.25) is 14.6 Å². The van der Waals surface area contributed by atoms with Crippen molar-refractivity contribution >= 4 is 5.91 Å². The van der Waals surface area contributed by atoms with Gasteiger partial charge in [-0.1, -0.05) is 13.8 Å². The van der Waals surface area contributed by atoms with Crippen molar-refractivity contribution in [2.24, 2.45) is 0 Å². The van der Waals surface area contributed by atoms with Crippen LogP contribution in [0, 0.1) is 6.92 Å². The summed E-state index contributed by atoms with van der Waals surface area (Å²) in [5.74, 6) is 1.82. The quantitative estimate of drug-likeness (QED) is 0.910. The molecule has 142 valence electrons. The van der Waals surface area contributed by atoms with Crippen LogP contribution in [0.25, 0.3) is 0 Å². The van der Waals surface area contributed by atoms with E-state index in [1.54, 1.807) is 0 Å². The van der Waals surface area contributed by atoms with Crippen LogP contribution in [0.4, 0.5) is 0 Å². The summed E-state index contributed by atoms with van der Waals surface area (Å²) in [7, 11) is 0. The second kappa shape index (κ2) is 6.85. The Morgan fingerprint density at radius 2 is 2.04 bits per heavy atom. The van der Waals surface area contributed by atoms with Crippen LogP contribution in [-0.2, 0) is 5.54 Å². The maximum atomic E-state index is 13.2. The number of nitrogens with one attached hydrogen (secondary N) is 1. The average molecular weight is 358 g/mol. The number of carbonyl (C=O) groups excluding carboxylic acids is 1. The molecule has 3 rings (SSSR count). The minimum Gasteiger partial charge on any atom is -0.327 e. The molecular formula is C19H30N6O. The van der Waals surface area contributed by atoms with E-state index >= 15 is 0 Å². The number of nitrogens with zero attached hydrogens (tertiary/aromatic N) is 5. The van der Waals surface area contributed by atoms with Gasteiger partial charge >= 0.3 is 0 Å². The lowest BCUT2D eigenvalue weighted by Crippen LogP contribution is -2.39. The van der Waals surface area contributed by atoms with Gasteiger partial charge in [0.05, 0.1) is 11.6 Å². The Balaban J connectivity index is 1.88. The number of amides is 1. The van der Waals surface area contributed by atoms with Crippen molar-refractivity contribution in [3.05, 3.63) is 29.1 Å². The monoisotopic (exact) mass is 358 g/mol. The highest BCUT2D eigenvalue weighted by Crippen LogP contribution is 2.31. The fourth-order valence-corrected chi connectivity index (χ4v) is 3.56. The van der Waals surface area contributed by atoms with E-state index in [0.717, 1.165) is 43.1 Å². The third kappa shape index (κ3) is 3.52. The first-order chi connectivity index (χ1) is 12.2. The molecule has 1 saturated heterocycles. The van der Waals surface area contributed by atoms with Gasteiger partial charge in [0.15, 0.2) is 11.5 Å². The lowest BCUT2D eigenvalue weighted by molar-refractivity contribution is 0.0592. The third-order valence-corrected chi connectivity index (χ3v) is 4.86. The number of likely N-dealkylation sites (tertiary alicyclic amines) is 1. The van der Waals surface area contributed by atoms with Gasteiger partial charge in [-0.05, 0) is 53.0 Å². The van der Waals surface area contributed by atoms with Gasteiger partial charge in [-0.2, -0.15) is 10.2 Å². The third-order valence-electron chi connectivity index (χ3n) is 4.86. The first-order valence-corrected chi connectivity index (χ1v) is 9.49. The second-order valence-corrected chi connectivity index (χ2v) is 8.50. The molecule has 7 heteroatoms. The zero-order valence-corrected chi connectivity index (χ0v) is 16.7. The number of aromatic amines is 1. The van der Waals surface area contributed by atoms with Gasteiger partial charge in [-0.15, -0.1) is 0 Å². The molecule has 0 radical (unpaired) electrons. The highest BCUT2D eigenvalue weighted by molar-refractivity contribution is 5.92. The Bertz CT molecular complexity index is 782. The summed E-state index contributed by atoms with van der Waals surface area (Å²) in [4.78, 5) is 19.7. The minimum atomic E-state index is -0.152. The van der Waals surface area contributed by atoms with Crippen LogP contribution in [0.3, 0.4) is 0 Å². The number of H-pyrrole nitrogens is 1.